The number of fused-ring (bicyclic) bond motifs is 1. The van der Waals surface area contributed by atoms with Gasteiger partial charge < -0.3 is 9.68 Å². The summed E-state index contributed by atoms with van der Waals surface area (Å²) < 4.78 is 5.50. The van der Waals surface area contributed by atoms with Gasteiger partial charge in [-0.1, -0.05) is 82.1 Å². The summed E-state index contributed by atoms with van der Waals surface area (Å²) in [4.78, 5) is 0. The molecule has 3 heteroatoms. The van der Waals surface area contributed by atoms with Crippen LogP contribution in [-0.4, -0.2) is 12.1 Å². The highest BCUT2D eigenvalue weighted by atomic mass is 16.5. The molecule has 1 aromatic rings. The van der Waals surface area contributed by atoms with Crippen LogP contribution >= 0.6 is 0 Å². The van der Waals surface area contributed by atoms with E-state index in [1.165, 1.54) is 44.9 Å². The Morgan fingerprint density at radius 3 is 2.50 bits per heavy atom. The molecule has 0 spiro atoms. The van der Waals surface area contributed by atoms with E-state index >= 15 is 0 Å². The summed E-state index contributed by atoms with van der Waals surface area (Å²) in [7, 11) is -0.821. The third-order valence-electron chi connectivity index (χ3n) is 4.20. The number of hydrogen-bond donors (Lipinski definition) is 1. The van der Waals surface area contributed by atoms with Gasteiger partial charge >= 0.3 is 7.12 Å². The Morgan fingerprint density at radius 2 is 1.73 bits per heavy atom. The Morgan fingerprint density at radius 1 is 1.05 bits per heavy atom. The van der Waals surface area contributed by atoms with Gasteiger partial charge in [0.1, 0.15) is 6.10 Å². The molecule has 22 heavy (non-hydrogen) atoms. The minimum Gasteiger partial charge on any atom is -0.423 e. The lowest BCUT2D eigenvalue weighted by molar-refractivity contribution is 0.241. The monoisotopic (exact) mass is 298 g/mol. The Kier molecular flexibility index (Phi) is 7.56. The Balaban J connectivity index is 1.62. The molecule has 0 aromatic heterocycles. The van der Waals surface area contributed by atoms with Crippen molar-refractivity contribution in [1.29, 1.82) is 0 Å². The molecule has 1 unspecified atom stereocenters. The lowest BCUT2D eigenvalue weighted by Crippen LogP contribution is -2.27. The zero-order valence-corrected chi connectivity index (χ0v) is 13.7. The molecule has 118 valence electrons. The summed E-state index contributed by atoms with van der Waals surface area (Å²) >= 11 is 0. The first-order valence-electron chi connectivity index (χ1n) is 8.73. The third kappa shape index (κ3) is 5.19. The summed E-state index contributed by atoms with van der Waals surface area (Å²) in [5, 5.41) is 9.82. The van der Waals surface area contributed by atoms with Crippen LogP contribution in [-0.2, 0) is 4.65 Å². The second-order valence-electron chi connectivity index (χ2n) is 6.04. The maximum atomic E-state index is 9.82. The molecule has 2 nitrogen and oxygen atoms in total. The fourth-order valence-electron chi connectivity index (χ4n) is 2.87. The summed E-state index contributed by atoms with van der Waals surface area (Å²) in [6.07, 6.45) is 11.2. The topological polar surface area (TPSA) is 29.5 Å². The second-order valence-corrected chi connectivity index (χ2v) is 6.04. The van der Waals surface area contributed by atoms with Gasteiger partial charge in [0.25, 0.3) is 0 Å². The van der Waals surface area contributed by atoms with Gasteiger partial charge in [-0.2, -0.15) is 0 Å². The van der Waals surface area contributed by atoms with Gasteiger partial charge in [0.15, 0.2) is 0 Å². The predicted molar refractivity (Wildman–Crippen MR) is 92.9 cm³/mol. The molecular formula is C19H27BO2. The molecule has 0 aliphatic carbocycles. The van der Waals surface area contributed by atoms with Crippen molar-refractivity contribution in [2.45, 2.75) is 70.8 Å². The predicted octanol–water partition coefficient (Wildman–Crippen LogP) is 3.98. The van der Waals surface area contributed by atoms with Crippen LogP contribution in [0.4, 0.5) is 0 Å². The molecule has 1 aliphatic heterocycles. The Bertz CT molecular complexity index is 504. The van der Waals surface area contributed by atoms with Gasteiger partial charge in [0, 0.05) is 6.42 Å². The lowest BCUT2D eigenvalue weighted by atomic mass is 9.79. The van der Waals surface area contributed by atoms with E-state index in [2.05, 4.69) is 18.8 Å². The van der Waals surface area contributed by atoms with E-state index in [1.807, 2.05) is 24.3 Å². The number of hydrogen-bond acceptors (Lipinski definition) is 2. The Hall–Kier alpha value is -1.24. The Labute approximate surface area is 135 Å². The average Bonchev–Trinajstić information content (AvgIpc) is 2.86. The first-order valence-corrected chi connectivity index (χ1v) is 8.73. The smallest absolute Gasteiger partial charge is 0.423 e. The van der Waals surface area contributed by atoms with Crippen LogP contribution in [0.5, 0.6) is 0 Å². The van der Waals surface area contributed by atoms with Crippen molar-refractivity contribution in [2.24, 2.45) is 0 Å². The molecule has 0 radical (unpaired) electrons. The molecule has 0 bridgehead atoms. The molecule has 1 atom stereocenters. The first-order chi connectivity index (χ1) is 10.8. The molecule has 1 aliphatic rings. The normalized spacial score (nSPS) is 16.3. The molecule has 2 rings (SSSR count). The van der Waals surface area contributed by atoms with Gasteiger partial charge in [-0.3, -0.25) is 0 Å². The van der Waals surface area contributed by atoms with E-state index in [0.717, 1.165) is 23.9 Å². The van der Waals surface area contributed by atoms with Crippen molar-refractivity contribution in [3.8, 4) is 11.8 Å². The number of benzene rings is 1. The van der Waals surface area contributed by atoms with E-state index in [-0.39, 0.29) is 6.10 Å². The van der Waals surface area contributed by atoms with Crippen molar-refractivity contribution < 1.29 is 9.68 Å². The summed E-state index contributed by atoms with van der Waals surface area (Å²) in [6, 6.07) is 7.77. The van der Waals surface area contributed by atoms with Crippen LogP contribution in [0.3, 0.4) is 0 Å². The van der Waals surface area contributed by atoms with Crippen LogP contribution in [0, 0.1) is 11.8 Å². The van der Waals surface area contributed by atoms with Crippen molar-refractivity contribution in [3.05, 3.63) is 29.8 Å². The molecule has 0 fully saturated rings. The standard InChI is InChI=1S/C19H27BO2/c1-2-3-4-5-6-7-8-9-10-11-16-19-17-14-12-13-15-18(17)20(21)22-19/h12-15,19,21H,2-10H2,1H3. The van der Waals surface area contributed by atoms with Crippen LogP contribution in [0.15, 0.2) is 24.3 Å². The van der Waals surface area contributed by atoms with Gasteiger partial charge in [0.05, 0.1) is 0 Å². The zero-order valence-electron chi connectivity index (χ0n) is 13.7. The number of unbranched alkanes of at least 4 members (excludes halogenated alkanes) is 8. The highest BCUT2D eigenvalue weighted by Crippen LogP contribution is 2.22. The third-order valence-corrected chi connectivity index (χ3v) is 4.20. The SMILES string of the molecule is CCCCCCCCCCC#CC1OB(O)c2ccccc21. The van der Waals surface area contributed by atoms with Crippen LogP contribution in [0.25, 0.3) is 0 Å². The average molecular weight is 298 g/mol. The van der Waals surface area contributed by atoms with Gasteiger partial charge in [-0.05, 0) is 17.4 Å². The largest absolute Gasteiger partial charge is 0.492 e. The molecular weight excluding hydrogens is 271 g/mol. The molecule has 0 amide bonds. The van der Waals surface area contributed by atoms with Gasteiger partial charge in [-0.15, -0.1) is 5.92 Å². The minimum atomic E-state index is -0.821. The molecule has 0 saturated heterocycles. The van der Waals surface area contributed by atoms with E-state index in [4.69, 9.17) is 4.65 Å². The van der Waals surface area contributed by atoms with Crippen molar-refractivity contribution in [2.75, 3.05) is 0 Å². The summed E-state index contributed by atoms with van der Waals surface area (Å²) in [5.41, 5.74) is 1.87. The minimum absolute atomic E-state index is 0.264. The lowest BCUT2D eigenvalue weighted by Gasteiger charge is -2.03. The summed E-state index contributed by atoms with van der Waals surface area (Å²) in [5.74, 6) is 6.37. The fourth-order valence-corrected chi connectivity index (χ4v) is 2.87. The van der Waals surface area contributed by atoms with E-state index < -0.39 is 7.12 Å². The van der Waals surface area contributed by atoms with Crippen LogP contribution in [0.2, 0.25) is 0 Å². The first kappa shape index (κ1) is 17.1. The van der Waals surface area contributed by atoms with Gasteiger partial charge in [0.2, 0.25) is 0 Å². The highest BCUT2D eigenvalue weighted by Gasteiger charge is 2.33. The van der Waals surface area contributed by atoms with Crippen LogP contribution in [0.1, 0.15) is 76.4 Å². The molecule has 1 N–H and O–H groups in total. The molecule has 1 aromatic carbocycles. The zero-order chi connectivity index (χ0) is 15.6. The maximum Gasteiger partial charge on any atom is 0.492 e. The quantitative estimate of drug-likeness (QED) is 0.447. The second kappa shape index (κ2) is 9.72. The fraction of sp³-hybridized carbons (Fsp3) is 0.579. The van der Waals surface area contributed by atoms with Crippen molar-refractivity contribution in [1.82, 2.24) is 0 Å². The van der Waals surface area contributed by atoms with E-state index in [0.29, 0.717) is 0 Å². The van der Waals surface area contributed by atoms with E-state index in [9.17, 15) is 5.02 Å². The molecule has 1 heterocycles. The van der Waals surface area contributed by atoms with Crippen LogP contribution < -0.4 is 5.46 Å². The number of rotatable bonds is 8. The maximum absolute atomic E-state index is 9.82. The van der Waals surface area contributed by atoms with E-state index in [1.54, 1.807) is 0 Å². The molecule has 0 saturated carbocycles. The summed E-state index contributed by atoms with van der Waals surface area (Å²) in [6.45, 7) is 2.25. The van der Waals surface area contributed by atoms with Crippen molar-refractivity contribution in [3.63, 3.8) is 0 Å². The van der Waals surface area contributed by atoms with Crippen molar-refractivity contribution >= 4 is 12.6 Å². The highest BCUT2D eigenvalue weighted by molar-refractivity contribution is 6.61. The van der Waals surface area contributed by atoms with Gasteiger partial charge in [-0.25, -0.2) is 0 Å².